The molecule has 0 saturated heterocycles. The fourth-order valence-corrected chi connectivity index (χ4v) is 4.59. The Morgan fingerprint density at radius 2 is 2.07 bits per heavy atom. The molecule has 28 heavy (non-hydrogen) atoms. The van der Waals surface area contributed by atoms with E-state index in [9.17, 15) is 0 Å². The smallest absolute Gasteiger partial charge is 0.291 e. The van der Waals surface area contributed by atoms with Gasteiger partial charge in [0.1, 0.15) is 6.23 Å². The minimum absolute atomic E-state index is 0.109. The Balaban J connectivity index is 0.000000640. The van der Waals surface area contributed by atoms with E-state index in [-0.39, 0.29) is 6.23 Å². The molecule has 1 heterocycles. The topological polar surface area (TPSA) is 90.4 Å². The number of hydrogen-bond donors (Lipinski definition) is 1. The highest BCUT2D eigenvalue weighted by Gasteiger charge is 2.17. The Morgan fingerprint density at radius 1 is 1.36 bits per heavy atom. The maximum absolute atomic E-state index is 8.36. The minimum Gasteiger partial charge on any atom is -0.347 e. The fraction of sp³-hybridized carbons (Fsp3) is 0.500. The van der Waals surface area contributed by atoms with E-state index in [2.05, 4.69) is 4.98 Å². The SMILES string of the molecule is Clc1ccc(CC(OCSC2CCCCC2)n2ccnc2)c(Cl)c1.O=[N+]([O-])O. The van der Waals surface area contributed by atoms with Gasteiger partial charge in [0.2, 0.25) is 0 Å². The van der Waals surface area contributed by atoms with Crippen LogP contribution < -0.4 is 0 Å². The van der Waals surface area contributed by atoms with Crippen LogP contribution in [0.3, 0.4) is 0 Å². The number of rotatable bonds is 7. The summed E-state index contributed by atoms with van der Waals surface area (Å²) in [6.45, 7) is 0. The Hall–Kier alpha value is -1.48. The number of thioether (sulfide) groups is 1. The highest BCUT2D eigenvalue weighted by atomic mass is 35.5. The molecule has 0 aliphatic heterocycles. The second-order valence-electron chi connectivity index (χ2n) is 6.35. The summed E-state index contributed by atoms with van der Waals surface area (Å²) in [6, 6.07) is 5.61. The number of imidazole rings is 1. The summed E-state index contributed by atoms with van der Waals surface area (Å²) in [5.74, 6) is 0.693. The highest BCUT2D eigenvalue weighted by Crippen LogP contribution is 2.30. The molecule has 2 aromatic rings. The number of ether oxygens (including phenoxy) is 1. The third kappa shape index (κ3) is 8.26. The van der Waals surface area contributed by atoms with Crippen LogP contribution in [0.5, 0.6) is 0 Å². The molecule has 0 spiro atoms. The predicted molar refractivity (Wildman–Crippen MR) is 111 cm³/mol. The quantitative estimate of drug-likeness (QED) is 0.336. The Morgan fingerprint density at radius 3 is 2.68 bits per heavy atom. The fourth-order valence-electron chi connectivity index (χ4n) is 3.01. The molecular formula is C18H23Cl2N3O4S. The summed E-state index contributed by atoms with van der Waals surface area (Å²) < 4.78 is 8.17. The lowest BCUT2D eigenvalue weighted by atomic mass is 10.0. The summed E-state index contributed by atoms with van der Waals surface area (Å²) in [5, 5.41) is 15.7. The van der Waals surface area contributed by atoms with Crippen molar-refractivity contribution in [1.29, 1.82) is 0 Å². The second kappa shape index (κ2) is 12.2. The van der Waals surface area contributed by atoms with Crippen LogP contribution >= 0.6 is 35.0 Å². The van der Waals surface area contributed by atoms with Crippen molar-refractivity contribution >= 4 is 35.0 Å². The van der Waals surface area contributed by atoms with Crippen molar-refractivity contribution in [3.05, 3.63) is 62.6 Å². The number of halogens is 2. The van der Waals surface area contributed by atoms with Gasteiger partial charge in [-0.05, 0) is 30.5 Å². The van der Waals surface area contributed by atoms with Crippen molar-refractivity contribution in [3.8, 4) is 0 Å². The van der Waals surface area contributed by atoms with Crippen molar-refractivity contribution < 1.29 is 15.0 Å². The number of nitrogens with zero attached hydrogens (tertiary/aromatic N) is 3. The van der Waals surface area contributed by atoms with E-state index in [0.717, 1.165) is 10.8 Å². The van der Waals surface area contributed by atoms with Crippen molar-refractivity contribution in [2.45, 2.75) is 50.0 Å². The monoisotopic (exact) mass is 447 g/mol. The van der Waals surface area contributed by atoms with Gasteiger partial charge >= 0.3 is 0 Å². The Bertz CT molecular complexity index is 724. The normalized spacial score (nSPS) is 15.5. The average Bonchev–Trinajstić information content (AvgIpc) is 3.18. The van der Waals surface area contributed by atoms with E-state index < -0.39 is 5.09 Å². The van der Waals surface area contributed by atoms with Gasteiger partial charge in [-0.25, -0.2) is 4.98 Å². The van der Waals surface area contributed by atoms with Crippen molar-refractivity contribution in [2.24, 2.45) is 0 Å². The van der Waals surface area contributed by atoms with Gasteiger partial charge in [0, 0.05) is 34.1 Å². The van der Waals surface area contributed by atoms with Crippen LogP contribution in [0, 0.1) is 10.1 Å². The molecule has 1 atom stereocenters. The van der Waals surface area contributed by atoms with Gasteiger partial charge in [0.15, 0.2) is 0 Å². The van der Waals surface area contributed by atoms with Crippen LogP contribution in [0.25, 0.3) is 0 Å². The van der Waals surface area contributed by atoms with Crippen LogP contribution in [0.4, 0.5) is 0 Å². The molecule has 7 nitrogen and oxygen atoms in total. The van der Waals surface area contributed by atoms with Crippen LogP contribution in [0.2, 0.25) is 10.0 Å². The van der Waals surface area contributed by atoms with Crippen molar-refractivity contribution in [2.75, 3.05) is 5.94 Å². The van der Waals surface area contributed by atoms with Crippen molar-refractivity contribution in [1.82, 2.24) is 9.55 Å². The average molecular weight is 448 g/mol. The molecule has 0 radical (unpaired) electrons. The summed E-state index contributed by atoms with van der Waals surface area (Å²) in [6.07, 6.45) is 12.8. The Kier molecular flexibility index (Phi) is 9.91. The van der Waals surface area contributed by atoms with Gasteiger partial charge in [-0.3, -0.25) is 0 Å². The molecule has 1 aliphatic carbocycles. The first-order valence-electron chi connectivity index (χ1n) is 8.93. The first-order chi connectivity index (χ1) is 13.5. The largest absolute Gasteiger partial charge is 0.347 e. The molecule has 1 unspecified atom stereocenters. The molecule has 1 saturated carbocycles. The summed E-state index contributed by atoms with van der Waals surface area (Å²) in [4.78, 5) is 12.5. The molecule has 1 aromatic carbocycles. The van der Waals surface area contributed by atoms with Crippen LogP contribution in [-0.4, -0.2) is 31.0 Å². The zero-order chi connectivity index (χ0) is 20.4. The first-order valence-corrected chi connectivity index (χ1v) is 10.7. The number of hydrogen-bond acceptors (Lipinski definition) is 5. The summed E-state index contributed by atoms with van der Waals surface area (Å²) >= 11 is 14.2. The molecule has 1 fully saturated rings. The van der Waals surface area contributed by atoms with E-state index in [1.807, 2.05) is 34.7 Å². The summed E-state index contributed by atoms with van der Waals surface area (Å²) in [7, 11) is 0. The van der Waals surface area contributed by atoms with E-state index >= 15 is 0 Å². The van der Waals surface area contributed by atoms with Crippen LogP contribution in [0.15, 0.2) is 36.9 Å². The van der Waals surface area contributed by atoms with Gasteiger partial charge < -0.3 is 14.5 Å². The predicted octanol–water partition coefficient (Wildman–Crippen LogP) is 5.62. The van der Waals surface area contributed by atoms with Gasteiger partial charge in [-0.2, -0.15) is 0 Å². The number of benzene rings is 1. The van der Waals surface area contributed by atoms with Gasteiger partial charge in [-0.15, -0.1) is 21.9 Å². The lowest BCUT2D eigenvalue weighted by Crippen LogP contribution is -2.16. The minimum atomic E-state index is -1.50. The summed E-state index contributed by atoms with van der Waals surface area (Å²) in [5.41, 5.74) is 1.03. The zero-order valence-corrected chi connectivity index (χ0v) is 17.6. The van der Waals surface area contributed by atoms with E-state index in [0.29, 0.717) is 22.4 Å². The molecule has 10 heteroatoms. The van der Waals surface area contributed by atoms with Gasteiger partial charge in [0.05, 0.1) is 12.3 Å². The second-order valence-corrected chi connectivity index (χ2v) is 8.43. The molecule has 1 aromatic heterocycles. The molecular weight excluding hydrogens is 425 g/mol. The lowest BCUT2D eigenvalue weighted by Gasteiger charge is -2.24. The molecule has 1 N–H and O–H groups in total. The highest BCUT2D eigenvalue weighted by molar-refractivity contribution is 7.99. The van der Waals surface area contributed by atoms with Crippen LogP contribution in [0.1, 0.15) is 43.9 Å². The third-order valence-corrected chi connectivity index (χ3v) is 6.19. The van der Waals surface area contributed by atoms with E-state index in [1.54, 1.807) is 18.6 Å². The maximum Gasteiger partial charge on any atom is 0.291 e. The van der Waals surface area contributed by atoms with E-state index in [1.165, 1.54) is 32.1 Å². The molecule has 3 rings (SSSR count). The first kappa shape index (κ1) is 22.8. The number of aromatic nitrogens is 2. The molecule has 1 aliphatic rings. The Labute approximate surface area is 178 Å². The molecule has 0 amide bonds. The molecule has 0 bridgehead atoms. The zero-order valence-electron chi connectivity index (χ0n) is 15.2. The van der Waals surface area contributed by atoms with Crippen molar-refractivity contribution in [3.63, 3.8) is 0 Å². The van der Waals surface area contributed by atoms with Gasteiger partial charge in [-0.1, -0.05) is 48.5 Å². The molecule has 154 valence electrons. The lowest BCUT2D eigenvalue weighted by molar-refractivity contribution is -0.742. The third-order valence-electron chi connectivity index (χ3n) is 4.38. The van der Waals surface area contributed by atoms with Gasteiger partial charge in [0.25, 0.3) is 5.09 Å². The van der Waals surface area contributed by atoms with Crippen LogP contribution in [-0.2, 0) is 11.2 Å². The standard InChI is InChI=1S/C18H22Cl2N2OS.HNO3/c19-15-7-6-14(17(20)11-15)10-18(22-9-8-21-12-22)23-13-24-16-4-2-1-3-5-16;2-1(3)4/h6-9,11-12,16,18H,1-5,10,13H2;(H,2,3,4). The maximum atomic E-state index is 8.36. The van der Waals surface area contributed by atoms with E-state index in [4.69, 9.17) is 43.3 Å².